The molecule has 1 atom stereocenters. The quantitative estimate of drug-likeness (QED) is 0.376. The zero-order valence-electron chi connectivity index (χ0n) is 15.1. The van der Waals surface area contributed by atoms with Crippen molar-refractivity contribution < 1.29 is 0 Å². The maximum Gasteiger partial charge on any atom is 0.166 e. The Morgan fingerprint density at radius 3 is 2.48 bits per heavy atom. The summed E-state index contributed by atoms with van der Waals surface area (Å²) in [5, 5.41) is 0. The molecule has 0 amide bonds. The molecule has 1 aromatic rings. The van der Waals surface area contributed by atoms with E-state index in [4.69, 9.17) is 0 Å². The summed E-state index contributed by atoms with van der Waals surface area (Å²) in [7, 11) is -0.0529. The maximum absolute atomic E-state index is 4.37. The van der Waals surface area contributed by atoms with E-state index in [2.05, 4.69) is 61.7 Å². The second kappa shape index (κ2) is 9.10. The van der Waals surface area contributed by atoms with Gasteiger partial charge in [-0.3, -0.25) is 0 Å². The van der Waals surface area contributed by atoms with Crippen molar-refractivity contribution in [3.05, 3.63) is 89.3 Å². The molecule has 0 N–H and O–H groups in total. The van der Waals surface area contributed by atoms with Crippen LogP contribution in [0, 0.1) is 0 Å². The van der Waals surface area contributed by atoms with Gasteiger partial charge in [-0.2, -0.15) is 0 Å². The summed E-state index contributed by atoms with van der Waals surface area (Å²) in [6.45, 7) is 8.16. The molecule has 0 heterocycles. The maximum atomic E-state index is 4.37. The van der Waals surface area contributed by atoms with Crippen molar-refractivity contribution in [3.63, 3.8) is 0 Å². The van der Waals surface area contributed by atoms with E-state index < -0.39 is 0 Å². The van der Waals surface area contributed by atoms with Crippen LogP contribution in [0.1, 0.15) is 56.4 Å². The van der Waals surface area contributed by atoms with Gasteiger partial charge in [0, 0.05) is 6.42 Å². The minimum Gasteiger partial charge on any atom is -0.0991 e. The van der Waals surface area contributed by atoms with Crippen molar-refractivity contribution in [3.8, 4) is 0 Å². The van der Waals surface area contributed by atoms with Gasteiger partial charge in [0.15, 0.2) is 9.80 Å². The Morgan fingerprint density at radius 1 is 1.08 bits per heavy atom. The Hall–Kier alpha value is -1.73. The smallest absolute Gasteiger partial charge is 0.0991 e. The summed E-state index contributed by atoms with van der Waals surface area (Å²) in [4.78, 5) is 4.05. The summed E-state index contributed by atoms with van der Waals surface area (Å²) in [6, 6.07) is 9.43. The van der Waals surface area contributed by atoms with E-state index in [-0.39, 0.29) is 10.9 Å². The standard InChI is InChI=1S/C24H29S/c1-3-4-11-20(2)25(23-14-9-6-10-15-23)24-18-16-22(17-19-24)21-12-7-5-8-13-21/h3-4,6,9,11,14,16-19,21H,1-2,5,7-8,10,12-13,15H2/q+1/b11-4-. The normalized spacial score (nSPS) is 19.6. The van der Waals surface area contributed by atoms with Gasteiger partial charge in [-0.25, -0.2) is 0 Å². The fourth-order valence-corrected chi connectivity index (χ4v) is 5.88. The van der Waals surface area contributed by atoms with Gasteiger partial charge in [0.25, 0.3) is 0 Å². The van der Waals surface area contributed by atoms with E-state index in [1.54, 1.807) is 0 Å². The zero-order valence-corrected chi connectivity index (χ0v) is 15.9. The molecule has 1 fully saturated rings. The third-order valence-electron chi connectivity index (χ3n) is 5.11. The summed E-state index contributed by atoms with van der Waals surface area (Å²) in [5.41, 5.74) is 1.52. The first-order valence-electron chi connectivity index (χ1n) is 9.47. The van der Waals surface area contributed by atoms with Gasteiger partial charge in [-0.05, 0) is 61.6 Å². The third-order valence-corrected chi connectivity index (χ3v) is 7.38. The Kier molecular flexibility index (Phi) is 6.58. The summed E-state index contributed by atoms with van der Waals surface area (Å²) in [5.74, 6) is 0.769. The predicted molar refractivity (Wildman–Crippen MR) is 113 cm³/mol. The molecule has 1 aromatic carbocycles. The molecule has 2 aliphatic carbocycles. The van der Waals surface area contributed by atoms with Crippen molar-refractivity contribution in [2.45, 2.75) is 55.8 Å². The molecule has 1 saturated carbocycles. The first-order chi connectivity index (χ1) is 12.3. The van der Waals surface area contributed by atoms with Crippen LogP contribution >= 0.6 is 0 Å². The van der Waals surface area contributed by atoms with E-state index in [1.807, 2.05) is 12.2 Å². The molecular formula is C24H29S+. The second-order valence-corrected chi connectivity index (χ2v) is 9.00. The van der Waals surface area contributed by atoms with Crippen LogP contribution in [0.5, 0.6) is 0 Å². The first kappa shape index (κ1) is 18.1. The first-order valence-corrected chi connectivity index (χ1v) is 10.7. The number of rotatable bonds is 6. The fourth-order valence-electron chi connectivity index (χ4n) is 3.78. The molecule has 2 aliphatic rings. The monoisotopic (exact) mass is 349 g/mol. The van der Waals surface area contributed by atoms with Gasteiger partial charge >= 0.3 is 0 Å². The van der Waals surface area contributed by atoms with Gasteiger partial charge in [0.1, 0.15) is 4.91 Å². The topological polar surface area (TPSA) is 0 Å². The van der Waals surface area contributed by atoms with Crippen LogP contribution in [0.15, 0.2) is 88.6 Å². The van der Waals surface area contributed by atoms with Gasteiger partial charge in [0.05, 0.1) is 10.9 Å². The van der Waals surface area contributed by atoms with Crippen molar-refractivity contribution >= 4 is 10.9 Å². The highest BCUT2D eigenvalue weighted by Crippen LogP contribution is 2.36. The number of benzene rings is 1. The molecule has 0 nitrogen and oxygen atoms in total. The molecule has 25 heavy (non-hydrogen) atoms. The van der Waals surface area contributed by atoms with E-state index in [0.29, 0.717) is 0 Å². The molecule has 130 valence electrons. The van der Waals surface area contributed by atoms with Crippen LogP contribution in [0.3, 0.4) is 0 Å². The molecule has 0 aliphatic heterocycles. The number of hydrogen-bond donors (Lipinski definition) is 0. The SMILES string of the molecule is C=C/C=C\C(=C)[S+](C1=CC=CCC1)c1ccc(C2CCCCC2)cc1. The lowest BCUT2D eigenvalue weighted by Gasteiger charge is -2.22. The summed E-state index contributed by atoms with van der Waals surface area (Å²) < 4.78 is 0. The van der Waals surface area contributed by atoms with Crippen LogP contribution in [-0.4, -0.2) is 0 Å². The van der Waals surface area contributed by atoms with E-state index in [9.17, 15) is 0 Å². The summed E-state index contributed by atoms with van der Waals surface area (Å²) in [6.07, 6.45) is 21.8. The Morgan fingerprint density at radius 2 is 1.84 bits per heavy atom. The van der Waals surface area contributed by atoms with E-state index in [0.717, 1.165) is 18.8 Å². The molecule has 1 heteroatoms. The van der Waals surface area contributed by atoms with Crippen molar-refractivity contribution in [1.29, 1.82) is 0 Å². The molecule has 0 radical (unpaired) electrons. The highest BCUT2D eigenvalue weighted by Gasteiger charge is 2.31. The average molecular weight is 350 g/mol. The van der Waals surface area contributed by atoms with Gasteiger partial charge < -0.3 is 0 Å². The van der Waals surface area contributed by atoms with E-state index >= 15 is 0 Å². The lowest BCUT2D eigenvalue weighted by Crippen LogP contribution is -2.10. The number of allylic oxidation sites excluding steroid dienone is 7. The molecule has 0 saturated heterocycles. The highest BCUT2D eigenvalue weighted by molar-refractivity contribution is 8.04. The lowest BCUT2D eigenvalue weighted by atomic mass is 9.84. The van der Waals surface area contributed by atoms with Gasteiger partial charge in [0.2, 0.25) is 0 Å². The third kappa shape index (κ3) is 4.67. The van der Waals surface area contributed by atoms with Crippen molar-refractivity contribution in [2.75, 3.05) is 0 Å². The minimum absolute atomic E-state index is 0.0529. The average Bonchev–Trinajstić information content (AvgIpc) is 2.69. The summed E-state index contributed by atoms with van der Waals surface area (Å²) >= 11 is 0. The Balaban J connectivity index is 1.85. The lowest BCUT2D eigenvalue weighted by molar-refractivity contribution is 0.443. The highest BCUT2D eigenvalue weighted by atomic mass is 32.2. The van der Waals surface area contributed by atoms with E-state index in [1.165, 1.54) is 52.4 Å². The Bertz CT molecular complexity index is 681. The van der Waals surface area contributed by atoms with Crippen molar-refractivity contribution in [2.24, 2.45) is 0 Å². The fraction of sp³-hybridized carbons (Fsp3) is 0.333. The number of hydrogen-bond acceptors (Lipinski definition) is 0. The predicted octanol–water partition coefficient (Wildman–Crippen LogP) is 7.20. The van der Waals surface area contributed by atoms with Crippen LogP contribution in [-0.2, 0) is 10.9 Å². The molecule has 0 spiro atoms. The van der Waals surface area contributed by atoms with Crippen LogP contribution in [0.2, 0.25) is 0 Å². The zero-order chi connectivity index (χ0) is 17.5. The Labute approximate surface area is 156 Å². The largest absolute Gasteiger partial charge is 0.166 e. The van der Waals surface area contributed by atoms with Crippen LogP contribution in [0.25, 0.3) is 0 Å². The van der Waals surface area contributed by atoms with Crippen molar-refractivity contribution in [1.82, 2.24) is 0 Å². The van der Waals surface area contributed by atoms with Gasteiger partial charge in [-0.15, -0.1) is 0 Å². The molecular weight excluding hydrogens is 320 g/mol. The second-order valence-electron chi connectivity index (χ2n) is 6.87. The minimum atomic E-state index is -0.0529. The van der Waals surface area contributed by atoms with Crippen LogP contribution in [0.4, 0.5) is 0 Å². The molecule has 3 rings (SSSR count). The van der Waals surface area contributed by atoms with Crippen LogP contribution < -0.4 is 0 Å². The molecule has 0 aromatic heterocycles. The van der Waals surface area contributed by atoms with Gasteiger partial charge in [-0.1, -0.05) is 62.3 Å². The molecule has 0 bridgehead atoms. The molecule has 1 unspecified atom stereocenters.